The molecule has 0 saturated heterocycles. The standard InChI is InChI=1S/C18H15Cl2F3/c1-11(14-7-8-16(19)17(20)10-14)3-5-13-6-4-12(2)15(9-13)18(21,22)23/h3-11H,1-2H3/b5-3+. The molecule has 23 heavy (non-hydrogen) atoms. The maximum absolute atomic E-state index is 12.9. The second-order valence-corrected chi connectivity index (χ2v) is 6.21. The van der Waals surface area contributed by atoms with Gasteiger partial charge in [0, 0.05) is 0 Å². The molecule has 2 aromatic carbocycles. The van der Waals surface area contributed by atoms with Gasteiger partial charge in [-0.25, -0.2) is 0 Å². The van der Waals surface area contributed by atoms with E-state index >= 15 is 0 Å². The van der Waals surface area contributed by atoms with E-state index in [1.165, 1.54) is 13.0 Å². The summed E-state index contributed by atoms with van der Waals surface area (Å²) in [6, 6.07) is 9.62. The molecule has 0 aromatic heterocycles. The zero-order chi connectivity index (χ0) is 17.2. The smallest absolute Gasteiger partial charge is 0.166 e. The molecule has 0 N–H and O–H groups in total. The van der Waals surface area contributed by atoms with E-state index in [9.17, 15) is 13.2 Å². The van der Waals surface area contributed by atoms with E-state index in [0.717, 1.165) is 11.6 Å². The van der Waals surface area contributed by atoms with Crippen molar-refractivity contribution in [1.29, 1.82) is 0 Å². The van der Waals surface area contributed by atoms with E-state index in [4.69, 9.17) is 23.2 Å². The molecule has 0 amide bonds. The van der Waals surface area contributed by atoms with Crippen LogP contribution in [0, 0.1) is 6.92 Å². The average molecular weight is 359 g/mol. The first-order valence-corrected chi connectivity index (χ1v) is 7.75. The summed E-state index contributed by atoms with van der Waals surface area (Å²) in [5, 5.41) is 0.930. The molecule has 2 aromatic rings. The fraction of sp³-hybridized carbons (Fsp3) is 0.222. The molecule has 122 valence electrons. The molecule has 0 saturated carbocycles. The summed E-state index contributed by atoms with van der Waals surface area (Å²) < 4.78 is 38.8. The minimum Gasteiger partial charge on any atom is -0.166 e. The van der Waals surface area contributed by atoms with Crippen molar-refractivity contribution >= 4 is 29.3 Å². The number of rotatable bonds is 3. The molecule has 0 aliphatic carbocycles. The highest BCUT2D eigenvalue weighted by atomic mass is 35.5. The van der Waals surface area contributed by atoms with Gasteiger partial charge in [-0.05, 0) is 47.7 Å². The van der Waals surface area contributed by atoms with Crippen LogP contribution < -0.4 is 0 Å². The van der Waals surface area contributed by atoms with Crippen LogP contribution in [0.5, 0.6) is 0 Å². The minimum absolute atomic E-state index is 0.000376. The number of hydrogen-bond donors (Lipinski definition) is 0. The van der Waals surface area contributed by atoms with Gasteiger partial charge in [-0.2, -0.15) is 13.2 Å². The van der Waals surface area contributed by atoms with Crippen LogP contribution in [-0.2, 0) is 6.18 Å². The van der Waals surface area contributed by atoms with Gasteiger partial charge < -0.3 is 0 Å². The summed E-state index contributed by atoms with van der Waals surface area (Å²) >= 11 is 11.9. The number of allylic oxidation sites excluding steroid dienone is 1. The maximum Gasteiger partial charge on any atom is 0.416 e. The van der Waals surface area contributed by atoms with Crippen LogP contribution in [0.25, 0.3) is 6.08 Å². The van der Waals surface area contributed by atoms with Gasteiger partial charge in [0.05, 0.1) is 15.6 Å². The first kappa shape index (κ1) is 17.9. The molecule has 0 spiro atoms. The molecule has 2 rings (SSSR count). The first-order chi connectivity index (χ1) is 10.7. The van der Waals surface area contributed by atoms with E-state index in [-0.39, 0.29) is 11.5 Å². The van der Waals surface area contributed by atoms with E-state index in [1.54, 1.807) is 24.3 Å². The lowest BCUT2D eigenvalue weighted by Crippen LogP contribution is -2.07. The van der Waals surface area contributed by atoms with Crippen LogP contribution in [0.4, 0.5) is 13.2 Å². The van der Waals surface area contributed by atoms with Gasteiger partial charge in [0.1, 0.15) is 0 Å². The highest BCUT2D eigenvalue weighted by Crippen LogP contribution is 2.33. The number of halogens is 5. The quantitative estimate of drug-likeness (QED) is 0.546. The van der Waals surface area contributed by atoms with Gasteiger partial charge in [-0.1, -0.05) is 60.5 Å². The lowest BCUT2D eigenvalue weighted by Gasteiger charge is -2.11. The van der Waals surface area contributed by atoms with Crippen LogP contribution in [0.2, 0.25) is 10.0 Å². The first-order valence-electron chi connectivity index (χ1n) is 6.99. The van der Waals surface area contributed by atoms with Crippen LogP contribution in [0.3, 0.4) is 0 Å². The SMILES string of the molecule is Cc1ccc(/C=C/C(C)c2ccc(Cl)c(Cl)c2)cc1C(F)(F)F. The van der Waals surface area contributed by atoms with Gasteiger partial charge in [0.2, 0.25) is 0 Å². The highest BCUT2D eigenvalue weighted by Gasteiger charge is 2.32. The summed E-state index contributed by atoms with van der Waals surface area (Å²) in [5.41, 5.74) is 1.06. The largest absolute Gasteiger partial charge is 0.416 e. The number of hydrogen-bond acceptors (Lipinski definition) is 0. The summed E-state index contributed by atoms with van der Waals surface area (Å²) in [5.74, 6) is 0.000376. The molecule has 0 radical (unpaired) electrons. The molecule has 5 heteroatoms. The van der Waals surface area contributed by atoms with Crippen molar-refractivity contribution in [2.75, 3.05) is 0 Å². The van der Waals surface area contributed by atoms with Gasteiger partial charge in [0.15, 0.2) is 0 Å². The minimum atomic E-state index is -4.34. The van der Waals surface area contributed by atoms with Crippen molar-refractivity contribution in [3.63, 3.8) is 0 Å². The maximum atomic E-state index is 12.9. The zero-order valence-corrected chi connectivity index (χ0v) is 14.1. The lowest BCUT2D eigenvalue weighted by molar-refractivity contribution is -0.138. The average Bonchev–Trinajstić information content (AvgIpc) is 2.47. The van der Waals surface area contributed by atoms with E-state index in [2.05, 4.69) is 0 Å². The molecule has 0 aliphatic heterocycles. The third kappa shape index (κ3) is 4.52. The van der Waals surface area contributed by atoms with Gasteiger partial charge >= 0.3 is 6.18 Å². The van der Waals surface area contributed by atoms with Gasteiger partial charge in [0.25, 0.3) is 0 Å². The second-order valence-electron chi connectivity index (χ2n) is 5.39. The number of aryl methyl sites for hydroxylation is 1. The van der Waals surface area contributed by atoms with Crippen LogP contribution in [-0.4, -0.2) is 0 Å². The fourth-order valence-corrected chi connectivity index (χ4v) is 2.52. The number of benzene rings is 2. The molecule has 0 nitrogen and oxygen atoms in total. The van der Waals surface area contributed by atoms with Crippen LogP contribution in [0.1, 0.15) is 35.1 Å². The fourth-order valence-electron chi connectivity index (χ4n) is 2.21. The van der Waals surface area contributed by atoms with E-state index < -0.39 is 11.7 Å². The van der Waals surface area contributed by atoms with Gasteiger partial charge in [-0.3, -0.25) is 0 Å². The van der Waals surface area contributed by atoms with E-state index in [0.29, 0.717) is 15.6 Å². The summed E-state index contributed by atoms with van der Waals surface area (Å²) in [7, 11) is 0. The Kier molecular flexibility index (Phi) is 5.43. The Hall–Kier alpha value is -1.45. The van der Waals surface area contributed by atoms with Gasteiger partial charge in [-0.15, -0.1) is 0 Å². The topological polar surface area (TPSA) is 0 Å². The Morgan fingerprint density at radius 2 is 1.70 bits per heavy atom. The van der Waals surface area contributed by atoms with Crippen LogP contribution >= 0.6 is 23.2 Å². The highest BCUT2D eigenvalue weighted by molar-refractivity contribution is 6.42. The molecule has 0 fully saturated rings. The Morgan fingerprint density at radius 3 is 2.30 bits per heavy atom. The molecule has 1 atom stereocenters. The van der Waals surface area contributed by atoms with Crippen molar-refractivity contribution < 1.29 is 13.2 Å². The third-order valence-electron chi connectivity index (χ3n) is 3.61. The van der Waals surface area contributed by atoms with E-state index in [1.807, 2.05) is 19.1 Å². The lowest BCUT2D eigenvalue weighted by atomic mass is 9.98. The van der Waals surface area contributed by atoms with Crippen molar-refractivity contribution in [2.45, 2.75) is 25.9 Å². The van der Waals surface area contributed by atoms with Crippen molar-refractivity contribution in [3.8, 4) is 0 Å². The summed E-state index contributed by atoms with van der Waals surface area (Å²) in [4.78, 5) is 0. The Bertz CT molecular complexity index is 734. The molecule has 0 bridgehead atoms. The van der Waals surface area contributed by atoms with Crippen molar-refractivity contribution in [1.82, 2.24) is 0 Å². The summed E-state index contributed by atoms with van der Waals surface area (Å²) in [6.45, 7) is 3.39. The van der Waals surface area contributed by atoms with Crippen LogP contribution in [0.15, 0.2) is 42.5 Å². The summed E-state index contributed by atoms with van der Waals surface area (Å²) in [6.07, 6.45) is -0.824. The third-order valence-corrected chi connectivity index (χ3v) is 4.35. The monoisotopic (exact) mass is 358 g/mol. The predicted octanol–water partition coefficient (Wildman–Crippen LogP) is 7.14. The molecule has 1 unspecified atom stereocenters. The molecule has 0 heterocycles. The van der Waals surface area contributed by atoms with Crippen molar-refractivity contribution in [2.24, 2.45) is 0 Å². The Labute approximate surface area is 143 Å². The Morgan fingerprint density at radius 1 is 1.00 bits per heavy atom. The molecular weight excluding hydrogens is 344 g/mol. The normalized spacial score (nSPS) is 13.5. The zero-order valence-electron chi connectivity index (χ0n) is 12.6. The molecular formula is C18H15Cl2F3. The number of alkyl halides is 3. The molecule has 0 aliphatic rings. The Balaban J connectivity index is 2.24. The second kappa shape index (κ2) is 6.98. The van der Waals surface area contributed by atoms with Crippen molar-refractivity contribution in [3.05, 3.63) is 74.8 Å². The predicted molar refractivity (Wildman–Crippen MR) is 90.1 cm³/mol.